The van der Waals surface area contributed by atoms with Gasteiger partial charge in [-0.25, -0.2) is 0 Å². The van der Waals surface area contributed by atoms with Gasteiger partial charge in [0.25, 0.3) is 0 Å². The Hall–Kier alpha value is -0.530. The lowest BCUT2D eigenvalue weighted by atomic mass is 9.99. The Bertz CT molecular complexity index is 159. The highest BCUT2D eigenvalue weighted by molar-refractivity contribution is 5.71. The van der Waals surface area contributed by atoms with E-state index in [-0.39, 0.29) is 12.1 Å². The van der Waals surface area contributed by atoms with Gasteiger partial charge in [0.2, 0.25) is 0 Å². The molecule has 1 atom stereocenters. The van der Waals surface area contributed by atoms with Crippen molar-refractivity contribution in [2.45, 2.75) is 44.6 Å². The molecule has 1 unspecified atom stereocenters. The summed E-state index contributed by atoms with van der Waals surface area (Å²) in [5.41, 5.74) is 0. The molecular formula is C9H14O2. The SMILES string of the molecule is O=C1CCC(C2CCCC2)O1. The van der Waals surface area contributed by atoms with Crippen LogP contribution in [0.2, 0.25) is 0 Å². The molecule has 0 aromatic heterocycles. The largest absolute Gasteiger partial charge is 0.462 e. The van der Waals surface area contributed by atoms with Gasteiger partial charge in [0, 0.05) is 6.42 Å². The molecule has 1 aliphatic carbocycles. The summed E-state index contributed by atoms with van der Waals surface area (Å²) in [5, 5.41) is 0. The van der Waals surface area contributed by atoms with Crippen molar-refractivity contribution < 1.29 is 9.53 Å². The van der Waals surface area contributed by atoms with Gasteiger partial charge in [-0.05, 0) is 25.2 Å². The summed E-state index contributed by atoms with van der Waals surface area (Å²) in [6.07, 6.45) is 7.13. The topological polar surface area (TPSA) is 26.3 Å². The Kier molecular flexibility index (Phi) is 1.84. The molecule has 0 radical (unpaired) electrons. The average molecular weight is 154 g/mol. The van der Waals surface area contributed by atoms with Gasteiger partial charge in [-0.1, -0.05) is 12.8 Å². The molecule has 1 saturated carbocycles. The maximum atomic E-state index is 10.8. The summed E-state index contributed by atoms with van der Waals surface area (Å²) >= 11 is 0. The van der Waals surface area contributed by atoms with Crippen LogP contribution >= 0.6 is 0 Å². The summed E-state index contributed by atoms with van der Waals surface area (Å²) in [7, 11) is 0. The number of carbonyl (C=O) groups excluding carboxylic acids is 1. The molecule has 0 N–H and O–H groups in total. The van der Waals surface area contributed by atoms with Gasteiger partial charge in [-0.15, -0.1) is 0 Å². The minimum atomic E-state index is 0.0156. The van der Waals surface area contributed by atoms with Crippen LogP contribution in [0.25, 0.3) is 0 Å². The lowest BCUT2D eigenvalue weighted by Gasteiger charge is -2.15. The molecule has 2 aliphatic rings. The molecule has 62 valence electrons. The number of esters is 1. The fourth-order valence-electron chi connectivity index (χ4n) is 2.21. The summed E-state index contributed by atoms with van der Waals surface area (Å²) in [6, 6.07) is 0. The zero-order valence-corrected chi connectivity index (χ0v) is 6.71. The molecule has 0 bridgehead atoms. The third-order valence-electron chi connectivity index (χ3n) is 2.84. The van der Waals surface area contributed by atoms with E-state index >= 15 is 0 Å². The average Bonchev–Trinajstić information content (AvgIpc) is 2.55. The minimum Gasteiger partial charge on any atom is -0.462 e. The molecule has 1 saturated heterocycles. The molecule has 0 amide bonds. The van der Waals surface area contributed by atoms with Gasteiger partial charge >= 0.3 is 5.97 Å². The summed E-state index contributed by atoms with van der Waals surface area (Å²) in [4.78, 5) is 10.8. The Balaban J connectivity index is 1.90. The Labute approximate surface area is 66.9 Å². The molecule has 11 heavy (non-hydrogen) atoms. The van der Waals surface area contributed by atoms with Crippen LogP contribution in [0, 0.1) is 5.92 Å². The van der Waals surface area contributed by atoms with E-state index in [9.17, 15) is 4.79 Å². The van der Waals surface area contributed by atoms with Crippen molar-refractivity contribution in [2.75, 3.05) is 0 Å². The van der Waals surface area contributed by atoms with Crippen molar-refractivity contribution >= 4 is 5.97 Å². The molecule has 0 aromatic rings. The molecule has 2 nitrogen and oxygen atoms in total. The zero-order valence-electron chi connectivity index (χ0n) is 6.71. The van der Waals surface area contributed by atoms with E-state index in [2.05, 4.69) is 0 Å². The molecule has 2 fully saturated rings. The van der Waals surface area contributed by atoms with Crippen LogP contribution in [0.15, 0.2) is 0 Å². The number of carbonyl (C=O) groups is 1. The maximum Gasteiger partial charge on any atom is 0.306 e. The quantitative estimate of drug-likeness (QED) is 0.539. The van der Waals surface area contributed by atoms with Crippen LogP contribution < -0.4 is 0 Å². The Morgan fingerprint density at radius 3 is 2.45 bits per heavy atom. The van der Waals surface area contributed by atoms with E-state index in [1.54, 1.807) is 0 Å². The van der Waals surface area contributed by atoms with E-state index in [4.69, 9.17) is 4.74 Å². The van der Waals surface area contributed by atoms with Crippen molar-refractivity contribution in [1.82, 2.24) is 0 Å². The van der Waals surface area contributed by atoms with Crippen molar-refractivity contribution in [1.29, 1.82) is 0 Å². The normalized spacial score (nSPS) is 32.7. The lowest BCUT2D eigenvalue weighted by Crippen LogP contribution is -2.16. The van der Waals surface area contributed by atoms with E-state index in [0.29, 0.717) is 12.3 Å². The predicted octanol–water partition coefficient (Wildman–Crippen LogP) is 1.88. The third-order valence-corrected chi connectivity index (χ3v) is 2.84. The number of rotatable bonds is 1. The van der Waals surface area contributed by atoms with Crippen LogP contribution in [0.1, 0.15) is 38.5 Å². The van der Waals surface area contributed by atoms with Crippen molar-refractivity contribution in [3.05, 3.63) is 0 Å². The van der Waals surface area contributed by atoms with E-state index < -0.39 is 0 Å². The van der Waals surface area contributed by atoms with Crippen molar-refractivity contribution in [2.24, 2.45) is 5.92 Å². The van der Waals surface area contributed by atoms with Gasteiger partial charge < -0.3 is 4.74 Å². The first-order valence-corrected chi connectivity index (χ1v) is 4.56. The fraction of sp³-hybridized carbons (Fsp3) is 0.889. The number of hydrogen-bond acceptors (Lipinski definition) is 2. The fourth-order valence-corrected chi connectivity index (χ4v) is 2.21. The number of cyclic esters (lactones) is 1. The van der Waals surface area contributed by atoms with Crippen molar-refractivity contribution in [3.63, 3.8) is 0 Å². The highest BCUT2D eigenvalue weighted by atomic mass is 16.5. The summed E-state index contributed by atoms with van der Waals surface area (Å²) in [6.45, 7) is 0. The first-order valence-electron chi connectivity index (χ1n) is 4.56. The van der Waals surface area contributed by atoms with Gasteiger partial charge in [0.15, 0.2) is 0 Å². The third kappa shape index (κ3) is 1.39. The Morgan fingerprint density at radius 1 is 1.18 bits per heavy atom. The molecule has 0 aromatic carbocycles. The minimum absolute atomic E-state index is 0.0156. The van der Waals surface area contributed by atoms with Gasteiger partial charge in [0.05, 0.1) is 0 Å². The van der Waals surface area contributed by atoms with Gasteiger partial charge in [-0.2, -0.15) is 0 Å². The summed E-state index contributed by atoms with van der Waals surface area (Å²) in [5.74, 6) is 0.711. The standard InChI is InChI=1S/C9H14O2/c10-9-6-5-8(11-9)7-3-1-2-4-7/h7-8H,1-6H2. The molecule has 1 heterocycles. The second-order valence-corrected chi connectivity index (χ2v) is 3.61. The van der Waals surface area contributed by atoms with E-state index in [1.165, 1.54) is 25.7 Å². The number of hydrogen-bond donors (Lipinski definition) is 0. The lowest BCUT2D eigenvalue weighted by molar-refractivity contribution is -0.143. The van der Waals surface area contributed by atoms with Gasteiger partial charge in [0.1, 0.15) is 6.10 Å². The second-order valence-electron chi connectivity index (χ2n) is 3.61. The zero-order chi connectivity index (χ0) is 7.68. The van der Waals surface area contributed by atoms with Crippen LogP contribution in [0.4, 0.5) is 0 Å². The summed E-state index contributed by atoms with van der Waals surface area (Å²) < 4.78 is 5.21. The molecular weight excluding hydrogens is 140 g/mol. The van der Waals surface area contributed by atoms with Crippen LogP contribution in [0.5, 0.6) is 0 Å². The monoisotopic (exact) mass is 154 g/mol. The molecule has 2 rings (SSSR count). The van der Waals surface area contributed by atoms with Crippen LogP contribution in [0.3, 0.4) is 0 Å². The Morgan fingerprint density at radius 2 is 1.91 bits per heavy atom. The molecule has 2 heteroatoms. The van der Waals surface area contributed by atoms with E-state index in [1.807, 2.05) is 0 Å². The maximum absolute atomic E-state index is 10.8. The highest BCUT2D eigenvalue weighted by Crippen LogP contribution is 2.33. The van der Waals surface area contributed by atoms with Gasteiger partial charge in [-0.3, -0.25) is 4.79 Å². The molecule has 1 aliphatic heterocycles. The van der Waals surface area contributed by atoms with Crippen LogP contribution in [-0.4, -0.2) is 12.1 Å². The number of ether oxygens (including phenoxy) is 1. The highest BCUT2D eigenvalue weighted by Gasteiger charge is 2.32. The van der Waals surface area contributed by atoms with Crippen LogP contribution in [-0.2, 0) is 9.53 Å². The predicted molar refractivity (Wildman–Crippen MR) is 41.1 cm³/mol. The first kappa shape index (κ1) is 7.14. The smallest absolute Gasteiger partial charge is 0.306 e. The van der Waals surface area contributed by atoms with E-state index in [0.717, 1.165) is 6.42 Å². The molecule has 0 spiro atoms. The first-order chi connectivity index (χ1) is 5.36. The van der Waals surface area contributed by atoms with Crippen molar-refractivity contribution in [3.8, 4) is 0 Å². The second kappa shape index (κ2) is 2.84.